The molecule has 1 N–H and O–H groups in total. The summed E-state index contributed by atoms with van der Waals surface area (Å²) >= 11 is 0. The Balaban J connectivity index is 1.98. The van der Waals surface area contributed by atoms with Crippen molar-refractivity contribution in [2.45, 2.75) is 56.4 Å². The standard InChI is InChI=1S/C11H18N2O3S/c1-2-8-5-9(6-11(8)12-7-14)13-17(15,16)10-3-4-10/h8-11,13H,2-6H2,1H3. The van der Waals surface area contributed by atoms with Gasteiger partial charge in [0.25, 0.3) is 0 Å². The Morgan fingerprint density at radius 1 is 1.35 bits per heavy atom. The molecule has 5 nitrogen and oxygen atoms in total. The highest BCUT2D eigenvalue weighted by atomic mass is 32.2. The first-order valence-electron chi connectivity index (χ1n) is 6.15. The lowest BCUT2D eigenvalue weighted by molar-refractivity contribution is 0.459. The third kappa shape index (κ3) is 2.94. The molecule has 0 spiro atoms. The molecule has 3 atom stereocenters. The largest absolute Gasteiger partial charge is 0.235 e. The van der Waals surface area contributed by atoms with Crippen molar-refractivity contribution in [2.24, 2.45) is 10.9 Å². The molecule has 0 aromatic heterocycles. The van der Waals surface area contributed by atoms with Crippen molar-refractivity contribution in [2.75, 3.05) is 0 Å². The minimum absolute atomic E-state index is 0.0624. The summed E-state index contributed by atoms with van der Waals surface area (Å²) < 4.78 is 26.3. The Morgan fingerprint density at radius 2 is 2.06 bits per heavy atom. The topological polar surface area (TPSA) is 75.6 Å². The van der Waals surface area contributed by atoms with Crippen LogP contribution >= 0.6 is 0 Å². The fourth-order valence-corrected chi connectivity index (χ4v) is 4.18. The Bertz CT molecular complexity index is 424. The van der Waals surface area contributed by atoms with Gasteiger partial charge in [-0.05, 0) is 31.6 Å². The van der Waals surface area contributed by atoms with E-state index in [1.807, 2.05) is 6.92 Å². The zero-order chi connectivity index (χ0) is 12.5. The smallest absolute Gasteiger partial charge is 0.212 e. The van der Waals surface area contributed by atoms with Gasteiger partial charge >= 0.3 is 0 Å². The lowest BCUT2D eigenvalue weighted by atomic mass is 10.0. The van der Waals surface area contributed by atoms with E-state index >= 15 is 0 Å². The average Bonchev–Trinajstić information content (AvgIpc) is 3.04. The van der Waals surface area contributed by atoms with Crippen molar-refractivity contribution in [3.63, 3.8) is 0 Å². The molecule has 17 heavy (non-hydrogen) atoms. The van der Waals surface area contributed by atoms with Gasteiger partial charge in [0.05, 0.1) is 11.3 Å². The van der Waals surface area contributed by atoms with Gasteiger partial charge in [-0.2, -0.15) is 0 Å². The zero-order valence-corrected chi connectivity index (χ0v) is 10.7. The first kappa shape index (κ1) is 12.7. The van der Waals surface area contributed by atoms with Crippen molar-refractivity contribution < 1.29 is 13.2 Å². The minimum Gasteiger partial charge on any atom is -0.212 e. The first-order chi connectivity index (χ1) is 8.06. The van der Waals surface area contributed by atoms with Gasteiger partial charge in [-0.25, -0.2) is 22.9 Å². The lowest BCUT2D eigenvalue weighted by Gasteiger charge is -2.12. The van der Waals surface area contributed by atoms with Gasteiger partial charge in [-0.15, -0.1) is 0 Å². The second-order valence-corrected chi connectivity index (χ2v) is 6.98. The highest BCUT2D eigenvalue weighted by molar-refractivity contribution is 7.90. The van der Waals surface area contributed by atoms with Gasteiger partial charge in [0.2, 0.25) is 16.1 Å². The highest BCUT2D eigenvalue weighted by Crippen LogP contribution is 2.33. The first-order valence-corrected chi connectivity index (χ1v) is 7.69. The molecule has 0 amide bonds. The summed E-state index contributed by atoms with van der Waals surface area (Å²) in [5.41, 5.74) is 0. The molecule has 0 radical (unpaired) electrons. The second-order valence-electron chi connectivity index (χ2n) is 4.99. The number of aliphatic imine (C=N–C) groups is 1. The van der Waals surface area contributed by atoms with E-state index in [1.54, 1.807) is 6.08 Å². The molecule has 3 unspecified atom stereocenters. The molecular weight excluding hydrogens is 240 g/mol. The SMILES string of the molecule is CCC1CC(NS(=O)(=O)C2CC2)CC1N=C=O. The van der Waals surface area contributed by atoms with Gasteiger partial charge in [0.15, 0.2) is 0 Å². The number of hydrogen-bond donors (Lipinski definition) is 1. The number of sulfonamides is 1. The molecule has 2 fully saturated rings. The maximum atomic E-state index is 11.8. The molecule has 0 aromatic rings. The van der Waals surface area contributed by atoms with E-state index in [0.717, 1.165) is 25.7 Å². The van der Waals surface area contributed by atoms with Gasteiger partial charge in [-0.3, -0.25) is 0 Å². The highest BCUT2D eigenvalue weighted by Gasteiger charge is 2.40. The Morgan fingerprint density at radius 3 is 2.59 bits per heavy atom. The van der Waals surface area contributed by atoms with E-state index in [0.29, 0.717) is 12.3 Å². The maximum Gasteiger partial charge on any atom is 0.235 e. The fourth-order valence-electron chi connectivity index (χ4n) is 2.57. The number of rotatable bonds is 5. The maximum absolute atomic E-state index is 11.8. The second kappa shape index (κ2) is 4.88. The van der Waals surface area contributed by atoms with Crippen LogP contribution in [-0.2, 0) is 14.8 Å². The molecule has 0 saturated heterocycles. The van der Waals surface area contributed by atoms with Gasteiger partial charge < -0.3 is 0 Å². The molecule has 0 heterocycles. The van der Waals surface area contributed by atoms with Crippen molar-refractivity contribution in [3.05, 3.63) is 0 Å². The van der Waals surface area contributed by atoms with Crippen LogP contribution in [0, 0.1) is 5.92 Å². The predicted molar refractivity (Wildman–Crippen MR) is 63.8 cm³/mol. The average molecular weight is 258 g/mol. The Kier molecular flexibility index (Phi) is 3.66. The number of nitrogens with one attached hydrogen (secondary N) is 1. The number of carbonyl (C=O) groups excluding carboxylic acids is 1. The van der Waals surface area contributed by atoms with Gasteiger partial charge in [-0.1, -0.05) is 13.3 Å². The van der Waals surface area contributed by atoms with Crippen molar-refractivity contribution in [1.82, 2.24) is 4.72 Å². The van der Waals surface area contributed by atoms with Crippen LogP contribution in [0.4, 0.5) is 0 Å². The van der Waals surface area contributed by atoms with Crippen molar-refractivity contribution in [3.8, 4) is 0 Å². The summed E-state index contributed by atoms with van der Waals surface area (Å²) in [6.45, 7) is 2.04. The van der Waals surface area contributed by atoms with Gasteiger partial charge in [0, 0.05) is 6.04 Å². The quantitative estimate of drug-likeness (QED) is 0.589. The summed E-state index contributed by atoms with van der Waals surface area (Å²) in [5, 5.41) is -0.184. The summed E-state index contributed by atoms with van der Waals surface area (Å²) in [6.07, 6.45) is 5.45. The van der Waals surface area contributed by atoms with E-state index in [2.05, 4.69) is 9.71 Å². The zero-order valence-electron chi connectivity index (χ0n) is 9.93. The van der Waals surface area contributed by atoms with Crippen LogP contribution in [0.3, 0.4) is 0 Å². The third-order valence-corrected chi connectivity index (χ3v) is 5.71. The normalized spacial score (nSPS) is 33.4. The summed E-state index contributed by atoms with van der Waals surface area (Å²) in [4.78, 5) is 14.1. The van der Waals surface area contributed by atoms with E-state index < -0.39 is 10.0 Å². The van der Waals surface area contributed by atoms with Gasteiger partial charge in [0.1, 0.15) is 0 Å². The number of nitrogens with zero attached hydrogens (tertiary/aromatic N) is 1. The minimum atomic E-state index is -3.13. The molecule has 0 aliphatic heterocycles. The molecule has 6 heteroatoms. The van der Waals surface area contributed by atoms with Crippen LogP contribution < -0.4 is 4.72 Å². The van der Waals surface area contributed by atoms with E-state index in [-0.39, 0.29) is 17.3 Å². The molecule has 96 valence electrons. The summed E-state index contributed by atoms with van der Waals surface area (Å²) in [6, 6.07) is -0.128. The number of hydrogen-bond acceptors (Lipinski definition) is 4. The fraction of sp³-hybridized carbons (Fsp3) is 0.909. The van der Waals surface area contributed by atoms with Crippen molar-refractivity contribution in [1.29, 1.82) is 0 Å². The Labute approximate surface area is 102 Å². The monoisotopic (exact) mass is 258 g/mol. The van der Waals surface area contributed by atoms with Crippen LogP contribution in [0.5, 0.6) is 0 Å². The van der Waals surface area contributed by atoms with Crippen molar-refractivity contribution >= 4 is 16.1 Å². The molecule has 2 aliphatic carbocycles. The van der Waals surface area contributed by atoms with E-state index in [4.69, 9.17) is 0 Å². The third-order valence-electron chi connectivity index (χ3n) is 3.69. The molecule has 2 aliphatic rings. The van der Waals surface area contributed by atoms with Crippen LogP contribution in [0.25, 0.3) is 0 Å². The van der Waals surface area contributed by atoms with E-state index in [1.165, 1.54) is 0 Å². The predicted octanol–water partition coefficient (Wildman–Crippen LogP) is 0.961. The van der Waals surface area contributed by atoms with E-state index in [9.17, 15) is 13.2 Å². The molecular formula is C11H18N2O3S. The van der Waals surface area contributed by atoms with Crippen LogP contribution in [0.15, 0.2) is 4.99 Å². The van der Waals surface area contributed by atoms with Crippen LogP contribution in [0.1, 0.15) is 39.0 Å². The molecule has 0 aromatic carbocycles. The van der Waals surface area contributed by atoms with Crippen LogP contribution in [0.2, 0.25) is 0 Å². The lowest BCUT2D eigenvalue weighted by Crippen LogP contribution is -2.35. The number of isocyanates is 1. The van der Waals surface area contributed by atoms with Crippen LogP contribution in [-0.4, -0.2) is 31.8 Å². The Hall–Kier alpha value is -0.710. The molecule has 0 bridgehead atoms. The molecule has 2 rings (SSSR count). The summed E-state index contributed by atoms with van der Waals surface area (Å²) in [5.74, 6) is 0.295. The summed E-state index contributed by atoms with van der Waals surface area (Å²) in [7, 11) is -3.13. The molecule has 2 saturated carbocycles.